The number of carbonyl (C=O) groups excluding carboxylic acids is 1. The minimum atomic E-state index is -1.49. The number of carbonyl (C=O) groups is 3. The van der Waals surface area contributed by atoms with Gasteiger partial charge in [0, 0.05) is 41.9 Å². The third-order valence-corrected chi connectivity index (χ3v) is 9.23. The predicted octanol–water partition coefficient (Wildman–Crippen LogP) is 3.55. The van der Waals surface area contributed by atoms with Gasteiger partial charge in [-0.15, -0.1) is 0 Å². The number of phenolic OH excluding ortho intramolecular Hbond substituents is 6. The van der Waals surface area contributed by atoms with Crippen LogP contribution in [0.25, 0.3) is 55.3 Å². The molecule has 56 heavy (non-hydrogen) atoms. The molecule has 0 fully saturated rings. The lowest BCUT2D eigenvalue weighted by Gasteiger charge is -2.20. The molecule has 0 saturated heterocycles. The average molecular weight is 762 g/mol. The summed E-state index contributed by atoms with van der Waals surface area (Å²) >= 11 is 0. The van der Waals surface area contributed by atoms with Crippen LogP contribution in [0, 0.1) is 0 Å². The van der Waals surface area contributed by atoms with E-state index >= 15 is 0 Å². The second kappa shape index (κ2) is 14.0. The Kier molecular flexibility index (Phi) is 9.20. The van der Waals surface area contributed by atoms with Crippen LogP contribution in [0.2, 0.25) is 0 Å². The van der Waals surface area contributed by atoms with Crippen LogP contribution in [-0.4, -0.2) is 92.7 Å². The molecule has 0 spiro atoms. The highest BCUT2D eigenvalue weighted by Gasteiger charge is 2.32. The van der Waals surface area contributed by atoms with E-state index in [1.54, 1.807) is 30.3 Å². The minimum Gasteiger partial charge on any atom is -0.507 e. The molecule has 18 heteroatoms. The van der Waals surface area contributed by atoms with E-state index in [4.69, 9.17) is 0 Å². The maximum Gasteiger partial charge on any atom is 0.337 e. The summed E-state index contributed by atoms with van der Waals surface area (Å²) in [6.45, 7) is -0.637. The number of aromatic nitrogens is 4. The van der Waals surface area contributed by atoms with Gasteiger partial charge in [-0.1, -0.05) is 18.2 Å². The molecule has 0 saturated carbocycles. The van der Waals surface area contributed by atoms with E-state index in [0.29, 0.717) is 5.56 Å². The number of carboxylic acid groups (broad SMARTS) is 2. The van der Waals surface area contributed by atoms with E-state index < -0.39 is 74.5 Å². The van der Waals surface area contributed by atoms with E-state index in [9.17, 15) is 55.2 Å². The fourth-order valence-corrected chi connectivity index (χ4v) is 6.61. The number of benzene rings is 5. The first kappa shape index (κ1) is 36.8. The zero-order chi connectivity index (χ0) is 40.2. The summed E-state index contributed by atoms with van der Waals surface area (Å²) < 4.78 is 0. The highest BCUT2D eigenvalue weighted by Crippen LogP contribution is 2.54. The van der Waals surface area contributed by atoms with E-state index in [1.165, 1.54) is 14.1 Å². The number of aromatic carboxylic acids is 2. The molecule has 2 heterocycles. The predicted molar refractivity (Wildman–Crippen MR) is 200 cm³/mol. The van der Waals surface area contributed by atoms with E-state index in [1.807, 2.05) is 0 Å². The first-order valence-electron chi connectivity index (χ1n) is 16.7. The van der Waals surface area contributed by atoms with Crippen LogP contribution in [0.4, 0.5) is 0 Å². The monoisotopic (exact) mass is 761 g/mol. The highest BCUT2D eigenvalue weighted by atomic mass is 16.4. The Bertz CT molecular complexity index is 2830. The third-order valence-electron chi connectivity index (χ3n) is 9.23. The topological polar surface area (TPSA) is 301 Å². The quantitative estimate of drug-likeness (QED) is 0.0888. The lowest BCUT2D eigenvalue weighted by atomic mass is 9.93. The van der Waals surface area contributed by atoms with Crippen molar-refractivity contribution in [3.63, 3.8) is 0 Å². The van der Waals surface area contributed by atoms with Gasteiger partial charge in [0.25, 0.3) is 5.91 Å². The van der Waals surface area contributed by atoms with Crippen molar-refractivity contribution in [1.29, 1.82) is 0 Å². The van der Waals surface area contributed by atoms with Gasteiger partial charge in [0.05, 0.1) is 22.3 Å². The van der Waals surface area contributed by atoms with Crippen molar-refractivity contribution in [3.8, 4) is 45.6 Å². The summed E-state index contributed by atoms with van der Waals surface area (Å²) in [6, 6.07) is 11.5. The lowest BCUT2D eigenvalue weighted by molar-refractivity contribution is 0.0687. The zero-order valence-corrected chi connectivity index (χ0v) is 29.3. The SMILES string of the molecule is CNCc1c(O)c(-c2c(O)c(CNC)c3nc4c(O)c(CNC(=O)c5ccccc5)cc(C(=O)O)c4nc3c2O)c(O)c2nc3c(C(=O)O)ccc(O)c3nc12. The average Bonchev–Trinajstić information content (AvgIpc) is 3.18. The van der Waals surface area contributed by atoms with Crippen molar-refractivity contribution in [2.75, 3.05) is 14.1 Å². The Hall–Kier alpha value is -7.57. The number of nitrogens with zero attached hydrogens (tertiary/aromatic N) is 4. The zero-order valence-electron chi connectivity index (χ0n) is 29.3. The maximum atomic E-state index is 12.7. The number of hydrogen-bond donors (Lipinski definition) is 11. The van der Waals surface area contributed by atoms with Gasteiger partial charge in [-0.05, 0) is 44.4 Å². The van der Waals surface area contributed by atoms with Crippen LogP contribution < -0.4 is 16.0 Å². The number of fused-ring (bicyclic) bond motifs is 4. The van der Waals surface area contributed by atoms with Gasteiger partial charge in [0.15, 0.2) is 11.5 Å². The van der Waals surface area contributed by atoms with Crippen LogP contribution in [0.3, 0.4) is 0 Å². The molecule has 0 atom stereocenters. The first-order valence-corrected chi connectivity index (χ1v) is 16.7. The van der Waals surface area contributed by atoms with Crippen molar-refractivity contribution in [2.45, 2.75) is 19.6 Å². The van der Waals surface area contributed by atoms with Gasteiger partial charge in [-0.2, -0.15) is 0 Å². The molecule has 1 amide bonds. The Morgan fingerprint density at radius 3 is 1.54 bits per heavy atom. The fraction of sp³-hybridized carbons (Fsp3) is 0.132. The highest BCUT2D eigenvalue weighted by molar-refractivity contribution is 6.10. The second-order valence-electron chi connectivity index (χ2n) is 12.6. The summed E-state index contributed by atoms with van der Waals surface area (Å²) in [4.78, 5) is 54.9. The Morgan fingerprint density at radius 2 is 1.02 bits per heavy atom. The van der Waals surface area contributed by atoms with Gasteiger partial charge in [-0.3, -0.25) is 4.79 Å². The molecule has 0 unspecified atom stereocenters. The Labute approximate surface area is 314 Å². The standard InChI is InChI=1S/C38H31N7O11/c1-39-12-18-25-29(43-23-16(37(53)54)8-9-20(46)27(23)42-25)34(50)21(32(18)48)22-33(49)19(13-40-2)26-30(35(22)51)44-24-17(38(55)56)10-15(31(47)28(24)45-26)11-41-36(52)14-6-4-3-5-7-14/h3-10,39-40,46-51H,11-13H2,1-2H3,(H,41,52)(H,53,54)(H,55,56). The molecular formula is C38H31N7O11. The molecule has 7 aromatic rings. The smallest absolute Gasteiger partial charge is 0.337 e. The van der Waals surface area contributed by atoms with Crippen molar-refractivity contribution < 1.29 is 55.2 Å². The van der Waals surface area contributed by atoms with Gasteiger partial charge >= 0.3 is 11.9 Å². The largest absolute Gasteiger partial charge is 0.507 e. The van der Waals surface area contributed by atoms with Gasteiger partial charge in [0.2, 0.25) is 0 Å². The molecule has 5 aromatic carbocycles. The normalized spacial score (nSPS) is 11.5. The van der Waals surface area contributed by atoms with Crippen LogP contribution in [0.5, 0.6) is 34.5 Å². The van der Waals surface area contributed by atoms with Crippen LogP contribution in [-0.2, 0) is 19.6 Å². The molecule has 2 aromatic heterocycles. The molecule has 7 rings (SSSR count). The Balaban J connectivity index is 1.51. The molecule has 0 bridgehead atoms. The van der Waals surface area contributed by atoms with E-state index in [0.717, 1.165) is 18.2 Å². The lowest BCUT2D eigenvalue weighted by Crippen LogP contribution is -2.23. The van der Waals surface area contributed by atoms with E-state index in [-0.39, 0.29) is 80.5 Å². The van der Waals surface area contributed by atoms with Crippen molar-refractivity contribution in [1.82, 2.24) is 35.9 Å². The van der Waals surface area contributed by atoms with Crippen molar-refractivity contribution in [2.24, 2.45) is 0 Å². The molecule has 0 aliphatic rings. The number of aromatic hydroxyl groups is 6. The summed E-state index contributed by atoms with van der Waals surface area (Å²) in [7, 11) is 3.05. The van der Waals surface area contributed by atoms with Gasteiger partial charge in [0.1, 0.15) is 67.1 Å². The van der Waals surface area contributed by atoms with Crippen LogP contribution in [0.1, 0.15) is 47.8 Å². The molecule has 0 radical (unpaired) electrons. The molecule has 284 valence electrons. The second-order valence-corrected chi connectivity index (χ2v) is 12.6. The third kappa shape index (κ3) is 5.81. The number of amides is 1. The number of hydrogen-bond acceptors (Lipinski definition) is 15. The first-order chi connectivity index (χ1) is 26.8. The van der Waals surface area contributed by atoms with Crippen LogP contribution in [0.15, 0.2) is 48.5 Å². The summed E-state index contributed by atoms with van der Waals surface area (Å²) in [5.74, 6) is -7.53. The minimum absolute atomic E-state index is 0.0239. The van der Waals surface area contributed by atoms with Gasteiger partial charge < -0.3 is 56.8 Å². The van der Waals surface area contributed by atoms with Gasteiger partial charge in [-0.25, -0.2) is 29.5 Å². The molecule has 0 aliphatic carbocycles. The molecule has 11 N–H and O–H groups in total. The number of nitrogens with one attached hydrogen (secondary N) is 3. The number of phenols is 6. The van der Waals surface area contributed by atoms with Crippen molar-refractivity contribution >= 4 is 62.0 Å². The summed E-state index contributed by atoms with van der Waals surface area (Å²) in [6.07, 6.45) is 0. The van der Waals surface area contributed by atoms with E-state index in [2.05, 4.69) is 35.9 Å². The number of carboxylic acids is 2. The Morgan fingerprint density at radius 1 is 0.536 bits per heavy atom. The molecule has 18 nitrogen and oxygen atoms in total. The molecule has 0 aliphatic heterocycles. The number of rotatable bonds is 10. The van der Waals surface area contributed by atoms with Crippen molar-refractivity contribution in [3.05, 3.63) is 81.9 Å². The molecular weight excluding hydrogens is 730 g/mol. The van der Waals surface area contributed by atoms with Crippen LogP contribution >= 0.6 is 0 Å². The summed E-state index contributed by atoms with van der Waals surface area (Å²) in [5.41, 5.74) is -4.19. The summed E-state index contributed by atoms with van der Waals surface area (Å²) in [5, 5.41) is 97.6. The maximum absolute atomic E-state index is 12.7. The fourth-order valence-electron chi connectivity index (χ4n) is 6.61.